The summed E-state index contributed by atoms with van der Waals surface area (Å²) in [6.07, 6.45) is 2.09. The molecule has 1 saturated heterocycles. The molecule has 1 atom stereocenters. The highest BCUT2D eigenvalue weighted by atomic mass is 79.9. The van der Waals surface area contributed by atoms with Crippen molar-refractivity contribution >= 4 is 15.9 Å². The highest BCUT2D eigenvalue weighted by molar-refractivity contribution is 9.10. The molecule has 0 N–H and O–H groups in total. The van der Waals surface area contributed by atoms with E-state index in [0.29, 0.717) is 0 Å². The van der Waals surface area contributed by atoms with Crippen molar-refractivity contribution in [1.29, 1.82) is 0 Å². The molecule has 1 aromatic heterocycles. The van der Waals surface area contributed by atoms with Crippen LogP contribution in [0.4, 0.5) is 0 Å². The van der Waals surface area contributed by atoms with Crippen molar-refractivity contribution in [3.05, 3.63) is 28.0 Å². The van der Waals surface area contributed by atoms with Crippen LogP contribution in [-0.4, -0.2) is 11.6 Å². The number of hydrogen-bond donors (Lipinski definition) is 0. The fourth-order valence-electron chi connectivity index (χ4n) is 0.956. The average molecular weight is 214 g/mol. The minimum atomic E-state index is 0.266. The molecule has 2 heterocycles. The molecular weight excluding hydrogens is 206 g/mol. The van der Waals surface area contributed by atoms with Gasteiger partial charge in [-0.3, -0.25) is 4.98 Å². The first-order valence-corrected chi connectivity index (χ1v) is 4.30. The maximum atomic E-state index is 5.11. The molecule has 0 saturated carbocycles. The minimum Gasteiger partial charge on any atom is -0.366 e. The molecule has 58 valence electrons. The normalized spacial score (nSPS) is 21.8. The van der Waals surface area contributed by atoms with Crippen LogP contribution in [0, 0.1) is 6.92 Å². The molecule has 2 rings (SSSR count). The van der Waals surface area contributed by atoms with Crippen LogP contribution in [0.15, 0.2) is 16.7 Å². The summed E-state index contributed by atoms with van der Waals surface area (Å²) in [7, 11) is 0. The van der Waals surface area contributed by atoms with E-state index in [1.54, 1.807) is 0 Å². The number of ether oxygens (including phenoxy) is 1. The molecule has 3 heteroatoms. The van der Waals surface area contributed by atoms with Crippen LogP contribution >= 0.6 is 15.9 Å². The van der Waals surface area contributed by atoms with E-state index in [1.165, 1.54) is 5.56 Å². The second-order valence-corrected chi connectivity index (χ2v) is 3.53. The van der Waals surface area contributed by atoms with E-state index in [0.717, 1.165) is 16.8 Å². The Balaban J connectivity index is 2.36. The van der Waals surface area contributed by atoms with E-state index in [9.17, 15) is 0 Å². The minimum absolute atomic E-state index is 0.266. The topological polar surface area (TPSA) is 25.4 Å². The molecule has 1 aromatic rings. The van der Waals surface area contributed by atoms with Gasteiger partial charge in [0.2, 0.25) is 0 Å². The lowest BCUT2D eigenvalue weighted by Crippen LogP contribution is -1.88. The molecule has 11 heavy (non-hydrogen) atoms. The third-order valence-electron chi connectivity index (χ3n) is 1.73. The van der Waals surface area contributed by atoms with Gasteiger partial charge in [-0.25, -0.2) is 0 Å². The van der Waals surface area contributed by atoms with E-state index in [-0.39, 0.29) is 6.10 Å². The lowest BCUT2D eigenvalue weighted by molar-refractivity contribution is 0.411. The first kappa shape index (κ1) is 7.25. The summed E-state index contributed by atoms with van der Waals surface area (Å²) < 4.78 is 6.17. The largest absolute Gasteiger partial charge is 0.366 e. The number of nitrogens with zero attached hydrogens (tertiary/aromatic N) is 1. The average Bonchev–Trinajstić information content (AvgIpc) is 2.77. The van der Waals surface area contributed by atoms with Crippen molar-refractivity contribution in [2.75, 3.05) is 6.61 Å². The molecule has 1 fully saturated rings. The van der Waals surface area contributed by atoms with Gasteiger partial charge in [-0.2, -0.15) is 0 Å². The van der Waals surface area contributed by atoms with Gasteiger partial charge < -0.3 is 4.74 Å². The molecule has 0 radical (unpaired) electrons. The van der Waals surface area contributed by atoms with Gasteiger partial charge in [-0.15, -0.1) is 0 Å². The van der Waals surface area contributed by atoms with E-state index in [1.807, 2.05) is 6.20 Å². The fraction of sp³-hybridized carbons (Fsp3) is 0.375. The van der Waals surface area contributed by atoms with Crippen LogP contribution in [0.5, 0.6) is 0 Å². The van der Waals surface area contributed by atoms with E-state index >= 15 is 0 Å². The zero-order chi connectivity index (χ0) is 7.84. The first-order valence-electron chi connectivity index (χ1n) is 3.51. The number of aromatic nitrogens is 1. The smallest absolute Gasteiger partial charge is 0.123 e. The van der Waals surface area contributed by atoms with Gasteiger partial charge in [-0.05, 0) is 34.5 Å². The first-order chi connectivity index (χ1) is 5.27. The Morgan fingerprint density at radius 1 is 1.73 bits per heavy atom. The molecule has 0 amide bonds. The number of aryl methyl sites for hydroxylation is 1. The standard InChI is InChI=1S/C8H8BrNO/c1-5-2-7(8-4-11-8)10-3-6(5)9/h2-3,8H,4H2,1H3. The molecule has 1 aliphatic heterocycles. The fourth-order valence-corrected chi connectivity index (χ4v) is 1.17. The van der Waals surface area contributed by atoms with Gasteiger partial charge in [0.15, 0.2) is 0 Å². The summed E-state index contributed by atoms with van der Waals surface area (Å²) in [5.41, 5.74) is 2.26. The molecule has 2 nitrogen and oxygen atoms in total. The predicted molar refractivity (Wildman–Crippen MR) is 45.4 cm³/mol. The maximum absolute atomic E-state index is 5.11. The third-order valence-corrected chi connectivity index (χ3v) is 2.56. The Bertz CT molecular complexity index is 283. The number of hydrogen-bond acceptors (Lipinski definition) is 2. The van der Waals surface area contributed by atoms with Gasteiger partial charge in [0.1, 0.15) is 6.10 Å². The second kappa shape index (κ2) is 2.57. The molecular formula is C8H8BrNO. The molecule has 1 unspecified atom stereocenters. The number of rotatable bonds is 1. The SMILES string of the molecule is Cc1cc(C2CO2)ncc1Br. The summed E-state index contributed by atoms with van der Waals surface area (Å²) >= 11 is 3.40. The molecule has 0 spiro atoms. The van der Waals surface area contributed by atoms with Gasteiger partial charge >= 0.3 is 0 Å². The van der Waals surface area contributed by atoms with E-state index < -0.39 is 0 Å². The zero-order valence-corrected chi connectivity index (χ0v) is 7.76. The Kier molecular flexibility index (Phi) is 1.69. The zero-order valence-electron chi connectivity index (χ0n) is 6.17. The van der Waals surface area contributed by atoms with Crippen LogP contribution in [0.1, 0.15) is 17.4 Å². The lowest BCUT2D eigenvalue weighted by atomic mass is 10.2. The Hall–Kier alpha value is -0.410. The van der Waals surface area contributed by atoms with Crippen molar-refractivity contribution in [1.82, 2.24) is 4.98 Å². The summed E-state index contributed by atoms with van der Waals surface area (Å²) in [6.45, 7) is 2.88. The van der Waals surface area contributed by atoms with Crippen molar-refractivity contribution in [2.24, 2.45) is 0 Å². The van der Waals surface area contributed by atoms with Crippen LogP contribution in [0.2, 0.25) is 0 Å². The highest BCUT2D eigenvalue weighted by Gasteiger charge is 2.26. The van der Waals surface area contributed by atoms with Crippen LogP contribution in [-0.2, 0) is 4.74 Å². The van der Waals surface area contributed by atoms with Gasteiger partial charge in [-0.1, -0.05) is 0 Å². The third kappa shape index (κ3) is 1.44. The van der Waals surface area contributed by atoms with E-state index in [2.05, 4.69) is 33.9 Å². The summed E-state index contributed by atoms with van der Waals surface area (Å²) in [5.74, 6) is 0. The van der Waals surface area contributed by atoms with Gasteiger partial charge in [0, 0.05) is 10.7 Å². The Morgan fingerprint density at radius 3 is 3.00 bits per heavy atom. The van der Waals surface area contributed by atoms with Crippen LogP contribution in [0.3, 0.4) is 0 Å². The van der Waals surface area contributed by atoms with Gasteiger partial charge in [0.25, 0.3) is 0 Å². The second-order valence-electron chi connectivity index (χ2n) is 2.68. The molecule has 0 aliphatic carbocycles. The number of halogens is 1. The maximum Gasteiger partial charge on any atom is 0.123 e. The number of epoxide rings is 1. The summed E-state index contributed by atoms with van der Waals surface area (Å²) in [5, 5.41) is 0. The number of pyridine rings is 1. The van der Waals surface area contributed by atoms with Crippen LogP contribution < -0.4 is 0 Å². The molecule has 0 bridgehead atoms. The Labute approximate surface area is 73.7 Å². The summed E-state index contributed by atoms with van der Waals surface area (Å²) in [4.78, 5) is 4.23. The highest BCUT2D eigenvalue weighted by Crippen LogP contribution is 2.29. The molecule has 1 aliphatic rings. The van der Waals surface area contributed by atoms with Crippen molar-refractivity contribution in [3.63, 3.8) is 0 Å². The van der Waals surface area contributed by atoms with Crippen molar-refractivity contribution in [2.45, 2.75) is 13.0 Å². The van der Waals surface area contributed by atoms with Gasteiger partial charge in [0.05, 0.1) is 12.3 Å². The van der Waals surface area contributed by atoms with Crippen molar-refractivity contribution in [3.8, 4) is 0 Å². The monoisotopic (exact) mass is 213 g/mol. The quantitative estimate of drug-likeness (QED) is 0.669. The lowest BCUT2D eigenvalue weighted by Gasteiger charge is -1.98. The summed E-state index contributed by atoms with van der Waals surface area (Å²) in [6, 6.07) is 2.06. The van der Waals surface area contributed by atoms with Crippen LogP contribution in [0.25, 0.3) is 0 Å². The molecule has 0 aromatic carbocycles. The van der Waals surface area contributed by atoms with E-state index in [4.69, 9.17) is 4.74 Å². The predicted octanol–water partition coefficient (Wildman–Crippen LogP) is 2.22. The van der Waals surface area contributed by atoms with Crippen molar-refractivity contribution < 1.29 is 4.74 Å². The Morgan fingerprint density at radius 2 is 2.45 bits per heavy atom.